The van der Waals surface area contributed by atoms with Gasteiger partial charge in [0.15, 0.2) is 0 Å². The van der Waals surface area contributed by atoms with Crippen LogP contribution >= 0.6 is 0 Å². The standard InChI is InChI=1S/C17H28N2O/c1-5-19(6-2)12-13(3)18-17-10-8-14-7-9-15(20-4)11-16(14)17/h7,9,11,13,17-18H,5-6,8,10,12H2,1-4H3. The van der Waals surface area contributed by atoms with Crippen molar-refractivity contribution in [1.29, 1.82) is 0 Å². The third-order valence-corrected chi connectivity index (χ3v) is 4.34. The van der Waals surface area contributed by atoms with Crippen molar-refractivity contribution in [2.45, 2.75) is 45.7 Å². The minimum absolute atomic E-state index is 0.477. The topological polar surface area (TPSA) is 24.5 Å². The zero-order valence-electron chi connectivity index (χ0n) is 13.3. The molecule has 0 aromatic heterocycles. The predicted octanol–water partition coefficient (Wildman–Crippen LogP) is 3.00. The predicted molar refractivity (Wildman–Crippen MR) is 84.4 cm³/mol. The summed E-state index contributed by atoms with van der Waals surface area (Å²) in [5.41, 5.74) is 2.90. The summed E-state index contributed by atoms with van der Waals surface area (Å²) in [5.74, 6) is 0.967. The second kappa shape index (κ2) is 7.09. The van der Waals surface area contributed by atoms with Gasteiger partial charge in [0.2, 0.25) is 0 Å². The van der Waals surface area contributed by atoms with E-state index in [1.54, 1.807) is 7.11 Å². The summed E-state index contributed by atoms with van der Waals surface area (Å²) in [6, 6.07) is 7.47. The Labute approximate surface area is 123 Å². The molecule has 0 saturated heterocycles. The number of hydrogen-bond donors (Lipinski definition) is 1. The number of rotatable bonds is 7. The first-order valence-corrected chi connectivity index (χ1v) is 7.83. The number of likely N-dealkylation sites (N-methyl/N-ethyl adjacent to an activating group) is 1. The maximum atomic E-state index is 5.36. The van der Waals surface area contributed by atoms with Gasteiger partial charge in [-0.25, -0.2) is 0 Å². The molecule has 2 rings (SSSR count). The second-order valence-electron chi connectivity index (χ2n) is 5.71. The monoisotopic (exact) mass is 276 g/mol. The van der Waals surface area contributed by atoms with Crippen LogP contribution in [-0.4, -0.2) is 37.7 Å². The molecule has 20 heavy (non-hydrogen) atoms. The average molecular weight is 276 g/mol. The van der Waals surface area contributed by atoms with E-state index in [1.807, 2.05) is 0 Å². The Balaban J connectivity index is 1.99. The van der Waals surface area contributed by atoms with Crippen LogP contribution in [0.15, 0.2) is 18.2 Å². The minimum Gasteiger partial charge on any atom is -0.497 e. The molecule has 0 aliphatic heterocycles. The number of fused-ring (bicyclic) bond motifs is 1. The maximum absolute atomic E-state index is 5.36. The Bertz CT molecular complexity index is 429. The quantitative estimate of drug-likeness (QED) is 0.828. The van der Waals surface area contributed by atoms with E-state index in [9.17, 15) is 0 Å². The van der Waals surface area contributed by atoms with E-state index in [-0.39, 0.29) is 0 Å². The largest absolute Gasteiger partial charge is 0.497 e. The van der Waals surface area contributed by atoms with Crippen LogP contribution in [0, 0.1) is 0 Å². The van der Waals surface area contributed by atoms with Crippen molar-refractivity contribution in [3.63, 3.8) is 0 Å². The lowest BCUT2D eigenvalue weighted by molar-refractivity contribution is 0.261. The normalized spacial score (nSPS) is 19.1. The van der Waals surface area contributed by atoms with Gasteiger partial charge in [0, 0.05) is 18.6 Å². The fourth-order valence-corrected chi connectivity index (χ4v) is 3.15. The van der Waals surface area contributed by atoms with Crippen molar-refractivity contribution in [1.82, 2.24) is 10.2 Å². The Hall–Kier alpha value is -1.06. The molecule has 3 nitrogen and oxygen atoms in total. The van der Waals surface area contributed by atoms with Crippen LogP contribution in [0.3, 0.4) is 0 Å². The fraction of sp³-hybridized carbons (Fsp3) is 0.647. The lowest BCUT2D eigenvalue weighted by Gasteiger charge is -2.26. The van der Waals surface area contributed by atoms with E-state index in [2.05, 4.69) is 49.2 Å². The zero-order chi connectivity index (χ0) is 14.5. The molecule has 0 radical (unpaired) electrons. The van der Waals surface area contributed by atoms with E-state index in [4.69, 9.17) is 4.74 Å². The van der Waals surface area contributed by atoms with Crippen molar-refractivity contribution < 1.29 is 4.74 Å². The number of aryl methyl sites for hydroxylation is 1. The third kappa shape index (κ3) is 3.53. The van der Waals surface area contributed by atoms with Crippen LogP contribution in [0.1, 0.15) is 44.4 Å². The molecule has 3 heteroatoms. The van der Waals surface area contributed by atoms with E-state index < -0.39 is 0 Å². The summed E-state index contributed by atoms with van der Waals surface area (Å²) in [4.78, 5) is 2.47. The molecule has 0 spiro atoms. The van der Waals surface area contributed by atoms with E-state index in [0.29, 0.717) is 12.1 Å². The van der Waals surface area contributed by atoms with Gasteiger partial charge in [-0.3, -0.25) is 0 Å². The summed E-state index contributed by atoms with van der Waals surface area (Å²) >= 11 is 0. The van der Waals surface area contributed by atoms with Gasteiger partial charge in [-0.1, -0.05) is 19.9 Å². The molecule has 1 aromatic rings. The number of nitrogens with zero attached hydrogens (tertiary/aromatic N) is 1. The summed E-state index contributed by atoms with van der Waals surface area (Å²) in [6.45, 7) is 10.1. The van der Waals surface area contributed by atoms with Crippen molar-refractivity contribution in [2.75, 3.05) is 26.7 Å². The van der Waals surface area contributed by atoms with Gasteiger partial charge in [-0.15, -0.1) is 0 Å². The third-order valence-electron chi connectivity index (χ3n) is 4.34. The summed E-state index contributed by atoms with van der Waals surface area (Å²) in [7, 11) is 1.74. The van der Waals surface area contributed by atoms with Gasteiger partial charge in [-0.05, 0) is 56.1 Å². The van der Waals surface area contributed by atoms with Crippen molar-refractivity contribution in [2.24, 2.45) is 0 Å². The van der Waals surface area contributed by atoms with E-state index >= 15 is 0 Å². The van der Waals surface area contributed by atoms with Gasteiger partial charge >= 0.3 is 0 Å². The number of ether oxygens (including phenoxy) is 1. The number of hydrogen-bond acceptors (Lipinski definition) is 3. The van der Waals surface area contributed by atoms with Gasteiger partial charge in [0.25, 0.3) is 0 Å². The summed E-state index contributed by atoms with van der Waals surface area (Å²) in [5, 5.41) is 3.79. The maximum Gasteiger partial charge on any atom is 0.119 e. The van der Waals surface area contributed by atoms with Crippen LogP contribution in [0.2, 0.25) is 0 Å². The van der Waals surface area contributed by atoms with Crippen LogP contribution in [0.25, 0.3) is 0 Å². The Kier molecular flexibility index (Phi) is 5.44. The van der Waals surface area contributed by atoms with Crippen molar-refractivity contribution in [3.8, 4) is 5.75 Å². The van der Waals surface area contributed by atoms with Crippen LogP contribution < -0.4 is 10.1 Å². The Morgan fingerprint density at radius 1 is 1.35 bits per heavy atom. The lowest BCUT2D eigenvalue weighted by atomic mass is 10.1. The molecule has 1 N–H and O–H groups in total. The molecule has 0 fully saturated rings. The highest BCUT2D eigenvalue weighted by Crippen LogP contribution is 2.34. The number of nitrogens with one attached hydrogen (secondary N) is 1. The molecule has 1 aliphatic carbocycles. The molecular weight excluding hydrogens is 248 g/mol. The first-order valence-electron chi connectivity index (χ1n) is 7.83. The molecular formula is C17H28N2O. The highest BCUT2D eigenvalue weighted by molar-refractivity contribution is 5.40. The van der Waals surface area contributed by atoms with Gasteiger partial charge in [-0.2, -0.15) is 0 Å². The molecule has 0 amide bonds. The molecule has 112 valence electrons. The molecule has 0 heterocycles. The Morgan fingerprint density at radius 2 is 2.10 bits per heavy atom. The number of benzene rings is 1. The van der Waals surface area contributed by atoms with Gasteiger partial charge in [0.05, 0.1) is 7.11 Å². The van der Waals surface area contributed by atoms with E-state index in [0.717, 1.165) is 25.4 Å². The SMILES string of the molecule is CCN(CC)CC(C)NC1CCc2ccc(OC)cc21. The zero-order valence-corrected chi connectivity index (χ0v) is 13.3. The van der Waals surface area contributed by atoms with Crippen molar-refractivity contribution in [3.05, 3.63) is 29.3 Å². The molecule has 1 aromatic carbocycles. The molecule has 0 saturated carbocycles. The van der Waals surface area contributed by atoms with Gasteiger partial charge in [0.1, 0.15) is 5.75 Å². The highest BCUT2D eigenvalue weighted by Gasteiger charge is 2.24. The van der Waals surface area contributed by atoms with Gasteiger partial charge < -0.3 is 15.0 Å². The Morgan fingerprint density at radius 3 is 2.75 bits per heavy atom. The number of methoxy groups -OCH3 is 1. The first-order chi connectivity index (χ1) is 9.67. The molecule has 1 aliphatic rings. The van der Waals surface area contributed by atoms with Crippen LogP contribution in [0.5, 0.6) is 5.75 Å². The van der Waals surface area contributed by atoms with Crippen LogP contribution in [-0.2, 0) is 6.42 Å². The second-order valence-corrected chi connectivity index (χ2v) is 5.71. The van der Waals surface area contributed by atoms with E-state index in [1.165, 1.54) is 24.0 Å². The van der Waals surface area contributed by atoms with Crippen LogP contribution in [0.4, 0.5) is 0 Å². The molecule has 2 atom stereocenters. The average Bonchev–Trinajstić information content (AvgIpc) is 2.86. The minimum atomic E-state index is 0.477. The first kappa shape index (κ1) is 15.3. The highest BCUT2D eigenvalue weighted by atomic mass is 16.5. The smallest absolute Gasteiger partial charge is 0.119 e. The summed E-state index contributed by atoms with van der Waals surface area (Å²) in [6.07, 6.45) is 2.38. The van der Waals surface area contributed by atoms with Crippen molar-refractivity contribution >= 4 is 0 Å². The summed E-state index contributed by atoms with van der Waals surface area (Å²) < 4.78 is 5.36. The fourth-order valence-electron chi connectivity index (χ4n) is 3.15. The lowest BCUT2D eigenvalue weighted by Crippen LogP contribution is -2.40. The molecule has 2 unspecified atom stereocenters. The molecule has 0 bridgehead atoms.